The number of rotatable bonds is 3. The highest BCUT2D eigenvalue weighted by molar-refractivity contribution is 6.05. The van der Waals surface area contributed by atoms with Gasteiger partial charge in [-0.2, -0.15) is 0 Å². The number of likely N-dealkylation sites (N-methyl/N-ethyl adjacent to an activating group) is 1. The Morgan fingerprint density at radius 3 is 2.56 bits per heavy atom. The fourth-order valence-corrected chi connectivity index (χ4v) is 2.58. The van der Waals surface area contributed by atoms with E-state index < -0.39 is 30.3 Å². The van der Waals surface area contributed by atoms with Gasteiger partial charge in [0, 0.05) is 18.0 Å². The van der Waals surface area contributed by atoms with Crippen molar-refractivity contribution in [1.82, 2.24) is 20.7 Å². The quantitative estimate of drug-likeness (QED) is 0.618. The van der Waals surface area contributed by atoms with Gasteiger partial charge in [-0.15, -0.1) is 0 Å². The van der Waals surface area contributed by atoms with Gasteiger partial charge in [-0.3, -0.25) is 30.1 Å². The second-order valence-corrected chi connectivity index (χ2v) is 5.67. The number of benzene rings is 1. The summed E-state index contributed by atoms with van der Waals surface area (Å²) >= 11 is 0. The molecule has 1 aliphatic heterocycles. The molecule has 2 N–H and O–H groups in total. The van der Waals surface area contributed by atoms with Gasteiger partial charge in [-0.25, -0.2) is 4.79 Å². The average Bonchev–Trinajstić information content (AvgIpc) is 3.05. The molecule has 1 aromatic heterocycles. The molecule has 2 heterocycles. The standard InChI is InChI=1S/C16H16N4O5/c1-9-10-5-3-4-6-11(10)25-14(9)15(23)18-17-12(21)7-20-13(22)8-19(2)16(20)24/h3-6H,7-8H2,1-2H3,(H,17,21)(H,18,23). The van der Waals surface area contributed by atoms with E-state index in [-0.39, 0.29) is 12.3 Å². The summed E-state index contributed by atoms with van der Waals surface area (Å²) in [5.41, 5.74) is 5.60. The first-order valence-electron chi connectivity index (χ1n) is 7.51. The zero-order chi connectivity index (χ0) is 18.1. The van der Waals surface area contributed by atoms with Gasteiger partial charge in [0.05, 0.1) is 0 Å². The number of hydrogen-bond acceptors (Lipinski definition) is 5. The van der Waals surface area contributed by atoms with Crippen molar-refractivity contribution in [2.45, 2.75) is 6.92 Å². The summed E-state index contributed by atoms with van der Waals surface area (Å²) in [5.74, 6) is -1.71. The third-order valence-electron chi connectivity index (χ3n) is 3.90. The van der Waals surface area contributed by atoms with Crippen LogP contribution < -0.4 is 10.9 Å². The van der Waals surface area contributed by atoms with Crippen LogP contribution in [-0.4, -0.2) is 53.7 Å². The summed E-state index contributed by atoms with van der Waals surface area (Å²) in [4.78, 5) is 49.4. The molecule has 3 rings (SSSR count). The summed E-state index contributed by atoms with van der Waals surface area (Å²) in [6, 6.07) is 6.62. The predicted octanol–water partition coefficient (Wildman–Crippen LogP) is 0.396. The smallest absolute Gasteiger partial charge is 0.327 e. The molecule has 1 aliphatic rings. The SMILES string of the molecule is Cc1c(C(=O)NNC(=O)CN2C(=O)CN(C)C2=O)oc2ccccc12. The molecule has 0 bridgehead atoms. The Kier molecular flexibility index (Phi) is 4.14. The van der Waals surface area contributed by atoms with E-state index in [4.69, 9.17) is 4.42 Å². The van der Waals surface area contributed by atoms with Gasteiger partial charge in [-0.05, 0) is 13.0 Å². The van der Waals surface area contributed by atoms with Crippen molar-refractivity contribution in [3.05, 3.63) is 35.6 Å². The Morgan fingerprint density at radius 1 is 1.20 bits per heavy atom. The Hall–Kier alpha value is -3.36. The first-order valence-corrected chi connectivity index (χ1v) is 7.51. The number of aryl methyl sites for hydroxylation is 1. The number of carbonyl (C=O) groups excluding carboxylic acids is 4. The van der Waals surface area contributed by atoms with Crippen LogP contribution in [0.15, 0.2) is 28.7 Å². The molecule has 0 unspecified atom stereocenters. The van der Waals surface area contributed by atoms with Crippen molar-refractivity contribution in [2.24, 2.45) is 0 Å². The van der Waals surface area contributed by atoms with Crippen LogP contribution in [0.1, 0.15) is 16.1 Å². The summed E-state index contributed by atoms with van der Waals surface area (Å²) in [6.07, 6.45) is 0. The first kappa shape index (κ1) is 16.5. The summed E-state index contributed by atoms with van der Waals surface area (Å²) < 4.78 is 5.49. The van der Waals surface area contributed by atoms with Crippen LogP contribution in [-0.2, 0) is 9.59 Å². The third kappa shape index (κ3) is 3.03. The second kappa shape index (κ2) is 6.27. The van der Waals surface area contributed by atoms with E-state index in [0.717, 1.165) is 10.3 Å². The number of fused-ring (bicyclic) bond motifs is 1. The molecule has 1 aromatic carbocycles. The predicted molar refractivity (Wildman–Crippen MR) is 86.3 cm³/mol. The molecule has 25 heavy (non-hydrogen) atoms. The van der Waals surface area contributed by atoms with Gasteiger partial charge in [0.15, 0.2) is 5.76 Å². The molecule has 0 saturated carbocycles. The fourth-order valence-electron chi connectivity index (χ4n) is 2.58. The Labute approximate surface area is 142 Å². The highest BCUT2D eigenvalue weighted by Crippen LogP contribution is 2.24. The maximum absolute atomic E-state index is 12.2. The molecule has 1 fully saturated rings. The molecule has 0 atom stereocenters. The number of carbonyl (C=O) groups is 4. The van der Waals surface area contributed by atoms with Gasteiger partial charge in [-0.1, -0.05) is 18.2 Å². The maximum atomic E-state index is 12.2. The number of para-hydroxylation sites is 1. The van der Waals surface area contributed by atoms with Crippen LogP contribution in [0.4, 0.5) is 4.79 Å². The van der Waals surface area contributed by atoms with Crippen LogP contribution in [0.3, 0.4) is 0 Å². The van der Waals surface area contributed by atoms with Crippen molar-refractivity contribution in [1.29, 1.82) is 0 Å². The molecule has 9 nitrogen and oxygen atoms in total. The zero-order valence-electron chi connectivity index (χ0n) is 13.7. The number of hydrogen-bond donors (Lipinski definition) is 2. The monoisotopic (exact) mass is 344 g/mol. The lowest BCUT2D eigenvalue weighted by molar-refractivity contribution is -0.131. The molecule has 1 saturated heterocycles. The normalized spacial score (nSPS) is 14.3. The van der Waals surface area contributed by atoms with Gasteiger partial charge in [0.1, 0.15) is 18.7 Å². The van der Waals surface area contributed by atoms with Crippen molar-refractivity contribution in [3.8, 4) is 0 Å². The maximum Gasteiger partial charge on any atom is 0.327 e. The van der Waals surface area contributed by atoms with E-state index in [1.807, 2.05) is 12.1 Å². The highest BCUT2D eigenvalue weighted by atomic mass is 16.3. The summed E-state index contributed by atoms with van der Waals surface area (Å²) in [6.45, 7) is 1.19. The molecule has 0 spiro atoms. The molecule has 5 amide bonds. The van der Waals surface area contributed by atoms with E-state index in [1.165, 1.54) is 11.9 Å². The number of amides is 5. The van der Waals surface area contributed by atoms with Gasteiger partial charge in [0.25, 0.3) is 11.8 Å². The highest BCUT2D eigenvalue weighted by Gasteiger charge is 2.34. The van der Waals surface area contributed by atoms with E-state index in [1.54, 1.807) is 19.1 Å². The topological polar surface area (TPSA) is 112 Å². The Bertz CT molecular complexity index is 888. The van der Waals surface area contributed by atoms with Crippen molar-refractivity contribution >= 4 is 34.7 Å². The van der Waals surface area contributed by atoms with Crippen molar-refractivity contribution in [2.75, 3.05) is 20.1 Å². The largest absolute Gasteiger partial charge is 0.451 e. The molecular weight excluding hydrogens is 328 g/mol. The number of nitrogens with zero attached hydrogens (tertiary/aromatic N) is 2. The minimum Gasteiger partial charge on any atom is -0.451 e. The summed E-state index contributed by atoms with van der Waals surface area (Å²) in [7, 11) is 1.46. The number of furan rings is 1. The lowest BCUT2D eigenvalue weighted by Crippen LogP contribution is -2.47. The number of nitrogens with one attached hydrogen (secondary N) is 2. The molecule has 9 heteroatoms. The zero-order valence-corrected chi connectivity index (χ0v) is 13.7. The van der Waals surface area contributed by atoms with Gasteiger partial charge < -0.3 is 9.32 Å². The first-order chi connectivity index (χ1) is 11.9. The van der Waals surface area contributed by atoms with Crippen LogP contribution in [0.5, 0.6) is 0 Å². The van der Waals surface area contributed by atoms with Gasteiger partial charge in [0.2, 0.25) is 0 Å². The molecule has 0 aliphatic carbocycles. The van der Waals surface area contributed by atoms with E-state index in [2.05, 4.69) is 10.9 Å². The van der Waals surface area contributed by atoms with E-state index in [0.29, 0.717) is 11.1 Å². The minimum atomic E-state index is -0.695. The van der Waals surface area contributed by atoms with E-state index >= 15 is 0 Å². The molecule has 130 valence electrons. The number of imide groups is 1. The average molecular weight is 344 g/mol. The Morgan fingerprint density at radius 2 is 1.92 bits per heavy atom. The van der Waals surface area contributed by atoms with Crippen molar-refractivity contribution < 1.29 is 23.6 Å². The second-order valence-electron chi connectivity index (χ2n) is 5.67. The van der Waals surface area contributed by atoms with Crippen LogP contribution in [0, 0.1) is 6.92 Å². The van der Waals surface area contributed by atoms with Crippen LogP contribution >= 0.6 is 0 Å². The molecule has 2 aromatic rings. The Balaban J connectivity index is 1.62. The molecule has 0 radical (unpaired) electrons. The lowest BCUT2D eigenvalue weighted by Gasteiger charge is -2.13. The number of hydrazine groups is 1. The van der Waals surface area contributed by atoms with E-state index in [9.17, 15) is 19.2 Å². The molecular formula is C16H16N4O5. The van der Waals surface area contributed by atoms with Crippen LogP contribution in [0.25, 0.3) is 11.0 Å². The van der Waals surface area contributed by atoms with Crippen LogP contribution in [0.2, 0.25) is 0 Å². The summed E-state index contributed by atoms with van der Waals surface area (Å²) in [5, 5.41) is 0.801. The third-order valence-corrected chi connectivity index (χ3v) is 3.90. The fraction of sp³-hybridized carbons (Fsp3) is 0.250. The lowest BCUT2D eigenvalue weighted by atomic mass is 10.1. The minimum absolute atomic E-state index is 0.0728. The van der Waals surface area contributed by atoms with Gasteiger partial charge >= 0.3 is 11.9 Å². The number of urea groups is 1. The van der Waals surface area contributed by atoms with Crippen molar-refractivity contribution in [3.63, 3.8) is 0 Å².